The number of aryl methyl sites for hydroxylation is 1. The Bertz CT molecular complexity index is 529. The summed E-state index contributed by atoms with van der Waals surface area (Å²) in [5.74, 6) is 0.356. The minimum absolute atomic E-state index is 0.289. The first-order chi connectivity index (χ1) is 11.1. The number of benzene rings is 1. The van der Waals surface area contributed by atoms with E-state index in [1.165, 1.54) is 19.3 Å². The summed E-state index contributed by atoms with van der Waals surface area (Å²) in [5.41, 5.74) is 0.950. The van der Waals surface area contributed by atoms with E-state index < -0.39 is 12.2 Å². The molecule has 0 fully saturated rings. The van der Waals surface area contributed by atoms with Crippen LogP contribution in [0.5, 0.6) is 5.75 Å². The van der Waals surface area contributed by atoms with E-state index in [1.807, 2.05) is 13.0 Å². The van der Waals surface area contributed by atoms with Crippen LogP contribution < -0.4 is 4.74 Å². The molecule has 2 amide bonds. The van der Waals surface area contributed by atoms with E-state index in [0.717, 1.165) is 24.8 Å². The lowest BCUT2D eigenvalue weighted by molar-refractivity contribution is 0.151. The summed E-state index contributed by atoms with van der Waals surface area (Å²) in [6.45, 7) is 4.33. The summed E-state index contributed by atoms with van der Waals surface area (Å²) in [5, 5.41) is 6.36. The quantitative estimate of drug-likeness (QED) is 0.472. The molecule has 0 N–H and O–H groups in total. The highest BCUT2D eigenvalue weighted by Gasteiger charge is 2.05. The van der Waals surface area contributed by atoms with E-state index in [1.54, 1.807) is 18.2 Å². The van der Waals surface area contributed by atoms with Gasteiger partial charge >= 0.3 is 12.2 Å². The molecule has 0 spiro atoms. The number of ether oxygens (including phenoxy) is 2. The maximum atomic E-state index is 11.4. The zero-order valence-corrected chi connectivity index (χ0v) is 13.8. The highest BCUT2D eigenvalue weighted by molar-refractivity contribution is 5.74. The fraction of sp³-hybridized carbons (Fsp3) is 0.529. The van der Waals surface area contributed by atoms with Crippen molar-refractivity contribution in [2.75, 3.05) is 6.61 Å². The Hall–Kier alpha value is -2.24. The molecule has 1 aromatic rings. The molecule has 0 saturated heterocycles. The second-order valence-electron chi connectivity index (χ2n) is 5.27. The van der Waals surface area contributed by atoms with Gasteiger partial charge in [-0.3, -0.25) is 0 Å². The Morgan fingerprint density at radius 2 is 1.70 bits per heavy atom. The molecule has 0 aromatic heterocycles. The fourth-order valence-electron chi connectivity index (χ4n) is 1.95. The summed E-state index contributed by atoms with van der Waals surface area (Å²) >= 11 is 0. The minimum Gasteiger partial charge on any atom is -0.447 e. The Kier molecular flexibility index (Phi) is 9.28. The SMILES string of the molecule is CCCCCCCCOC(=O)/N=N/C(=O)Oc1cccc(C)c1. The van der Waals surface area contributed by atoms with Crippen molar-refractivity contribution in [2.45, 2.75) is 52.4 Å². The van der Waals surface area contributed by atoms with Gasteiger partial charge in [-0.25, -0.2) is 9.59 Å². The van der Waals surface area contributed by atoms with Crippen molar-refractivity contribution in [3.63, 3.8) is 0 Å². The minimum atomic E-state index is -0.952. The number of carbonyl (C=O) groups excluding carboxylic acids is 2. The van der Waals surface area contributed by atoms with Crippen molar-refractivity contribution in [2.24, 2.45) is 10.2 Å². The third kappa shape index (κ3) is 9.39. The van der Waals surface area contributed by atoms with E-state index in [2.05, 4.69) is 17.2 Å². The maximum Gasteiger partial charge on any atom is 0.458 e. The summed E-state index contributed by atoms with van der Waals surface area (Å²) in [6.07, 6.45) is 4.75. The number of azo groups is 1. The van der Waals surface area contributed by atoms with E-state index in [4.69, 9.17) is 9.47 Å². The Morgan fingerprint density at radius 3 is 2.43 bits per heavy atom. The fourth-order valence-corrected chi connectivity index (χ4v) is 1.95. The van der Waals surface area contributed by atoms with Gasteiger partial charge in [0.05, 0.1) is 6.61 Å². The van der Waals surface area contributed by atoms with Gasteiger partial charge in [-0.15, -0.1) is 0 Å². The van der Waals surface area contributed by atoms with Crippen molar-refractivity contribution < 1.29 is 19.1 Å². The number of nitrogens with zero attached hydrogens (tertiary/aromatic N) is 2. The molecule has 1 aromatic carbocycles. The van der Waals surface area contributed by atoms with E-state index in [-0.39, 0.29) is 6.61 Å². The molecule has 0 aliphatic heterocycles. The lowest BCUT2D eigenvalue weighted by Crippen LogP contribution is -2.04. The van der Waals surface area contributed by atoms with Crippen LogP contribution in [0.4, 0.5) is 9.59 Å². The van der Waals surface area contributed by atoms with Crippen molar-refractivity contribution in [1.82, 2.24) is 0 Å². The summed E-state index contributed by atoms with van der Waals surface area (Å²) < 4.78 is 9.78. The second-order valence-corrected chi connectivity index (χ2v) is 5.27. The Balaban J connectivity index is 2.17. The maximum absolute atomic E-state index is 11.4. The molecule has 0 radical (unpaired) electrons. The molecule has 6 nitrogen and oxygen atoms in total. The molecule has 0 aliphatic carbocycles. The lowest BCUT2D eigenvalue weighted by atomic mass is 10.1. The predicted octanol–water partition coefficient (Wildman–Crippen LogP) is 5.44. The monoisotopic (exact) mass is 320 g/mol. The highest BCUT2D eigenvalue weighted by atomic mass is 16.6. The van der Waals surface area contributed by atoms with Crippen molar-refractivity contribution in [1.29, 1.82) is 0 Å². The molecule has 0 saturated carbocycles. The van der Waals surface area contributed by atoms with Crippen molar-refractivity contribution >= 4 is 12.2 Å². The molecular weight excluding hydrogens is 296 g/mol. The molecule has 0 unspecified atom stereocenters. The number of hydrogen-bond donors (Lipinski definition) is 0. The molecule has 23 heavy (non-hydrogen) atoms. The third-order valence-electron chi connectivity index (χ3n) is 3.13. The van der Waals surface area contributed by atoms with Gasteiger partial charge in [0.1, 0.15) is 5.75 Å². The molecule has 0 atom stereocenters. The third-order valence-corrected chi connectivity index (χ3v) is 3.13. The van der Waals surface area contributed by atoms with Crippen LogP contribution in [0.1, 0.15) is 51.0 Å². The second kappa shape index (κ2) is 11.3. The van der Waals surface area contributed by atoms with Gasteiger partial charge in [0.25, 0.3) is 0 Å². The highest BCUT2D eigenvalue weighted by Crippen LogP contribution is 2.13. The van der Waals surface area contributed by atoms with Gasteiger partial charge in [-0.2, -0.15) is 0 Å². The van der Waals surface area contributed by atoms with Gasteiger partial charge in [-0.05, 0) is 31.0 Å². The number of rotatable bonds is 8. The van der Waals surface area contributed by atoms with Crippen LogP contribution in [-0.4, -0.2) is 18.8 Å². The zero-order valence-electron chi connectivity index (χ0n) is 13.8. The van der Waals surface area contributed by atoms with E-state index in [9.17, 15) is 9.59 Å². The van der Waals surface area contributed by atoms with Crippen molar-refractivity contribution in [3.05, 3.63) is 29.8 Å². The van der Waals surface area contributed by atoms with Crippen LogP contribution in [0.15, 0.2) is 34.5 Å². The van der Waals surface area contributed by atoms with Crippen LogP contribution in [0.3, 0.4) is 0 Å². The van der Waals surface area contributed by atoms with Crippen LogP contribution >= 0.6 is 0 Å². The van der Waals surface area contributed by atoms with Gasteiger partial charge in [0, 0.05) is 0 Å². The molecule has 6 heteroatoms. The Labute approximate surface area is 136 Å². The average molecular weight is 320 g/mol. The van der Waals surface area contributed by atoms with E-state index in [0.29, 0.717) is 5.75 Å². The average Bonchev–Trinajstić information content (AvgIpc) is 2.52. The molecule has 0 heterocycles. The van der Waals surface area contributed by atoms with Gasteiger partial charge in [0.2, 0.25) is 0 Å². The molecule has 1 rings (SSSR count). The van der Waals surface area contributed by atoms with Crippen molar-refractivity contribution in [3.8, 4) is 5.75 Å². The molecular formula is C17H24N2O4. The van der Waals surface area contributed by atoms with Crippen LogP contribution in [0.2, 0.25) is 0 Å². The molecule has 0 bridgehead atoms. The normalized spacial score (nSPS) is 10.7. The van der Waals surface area contributed by atoms with Crippen LogP contribution in [-0.2, 0) is 4.74 Å². The number of amides is 2. The first-order valence-corrected chi connectivity index (χ1v) is 7.98. The smallest absolute Gasteiger partial charge is 0.447 e. The largest absolute Gasteiger partial charge is 0.458 e. The first-order valence-electron chi connectivity index (χ1n) is 7.98. The topological polar surface area (TPSA) is 77.3 Å². The zero-order chi connectivity index (χ0) is 16.9. The molecule has 0 aliphatic rings. The molecule has 126 valence electrons. The standard InChI is InChI=1S/C17H24N2O4/c1-3-4-5-6-7-8-12-22-16(20)18-19-17(21)23-15-11-9-10-14(2)13-15/h9-11,13H,3-8,12H2,1-2H3/b19-18+. The number of hydrogen-bond acceptors (Lipinski definition) is 4. The number of carbonyl (C=O) groups is 2. The van der Waals surface area contributed by atoms with Gasteiger partial charge < -0.3 is 9.47 Å². The van der Waals surface area contributed by atoms with Gasteiger partial charge in [0.15, 0.2) is 0 Å². The lowest BCUT2D eigenvalue weighted by Gasteiger charge is -2.01. The van der Waals surface area contributed by atoms with Crippen LogP contribution in [0, 0.1) is 6.92 Å². The number of unbranched alkanes of at least 4 members (excludes halogenated alkanes) is 5. The summed E-state index contributed by atoms with van der Waals surface area (Å²) in [7, 11) is 0. The Morgan fingerprint density at radius 1 is 1.00 bits per heavy atom. The summed E-state index contributed by atoms with van der Waals surface area (Å²) in [4.78, 5) is 22.7. The van der Waals surface area contributed by atoms with Crippen LogP contribution in [0.25, 0.3) is 0 Å². The first kappa shape index (κ1) is 18.8. The predicted molar refractivity (Wildman–Crippen MR) is 86.8 cm³/mol. The van der Waals surface area contributed by atoms with Gasteiger partial charge in [-0.1, -0.05) is 61.4 Å². The van der Waals surface area contributed by atoms with E-state index >= 15 is 0 Å². The summed E-state index contributed by atoms with van der Waals surface area (Å²) in [6, 6.07) is 6.93.